The first-order valence-corrected chi connectivity index (χ1v) is 7.02. The molecular formula is C16H18N2O3. The third-order valence-corrected chi connectivity index (χ3v) is 3.77. The number of nitrogens with zero attached hydrogens (tertiary/aromatic N) is 1. The Morgan fingerprint density at radius 3 is 2.71 bits per heavy atom. The number of benzene rings is 1. The van der Waals surface area contributed by atoms with Crippen LogP contribution in [0, 0.1) is 0 Å². The highest BCUT2D eigenvalue weighted by Gasteiger charge is 2.30. The highest BCUT2D eigenvalue weighted by Crippen LogP contribution is 2.31. The van der Waals surface area contributed by atoms with Gasteiger partial charge in [-0.05, 0) is 36.6 Å². The van der Waals surface area contributed by atoms with E-state index in [1.54, 1.807) is 18.4 Å². The maximum atomic E-state index is 11.4. The zero-order chi connectivity index (χ0) is 14.8. The molecule has 5 heteroatoms. The molecule has 0 amide bonds. The predicted molar refractivity (Wildman–Crippen MR) is 78.8 cm³/mol. The Morgan fingerprint density at radius 2 is 2.10 bits per heavy atom. The zero-order valence-corrected chi connectivity index (χ0v) is 11.7. The van der Waals surface area contributed by atoms with Crippen molar-refractivity contribution in [1.29, 1.82) is 0 Å². The molecule has 1 fully saturated rings. The third kappa shape index (κ3) is 3.08. The van der Waals surface area contributed by atoms with E-state index >= 15 is 0 Å². The van der Waals surface area contributed by atoms with Crippen LogP contribution in [0.3, 0.4) is 0 Å². The monoisotopic (exact) mass is 286 g/mol. The zero-order valence-electron chi connectivity index (χ0n) is 11.7. The number of hydrogen-bond acceptors (Lipinski definition) is 4. The number of aromatic carboxylic acids is 1. The first-order valence-electron chi connectivity index (χ1n) is 7.02. The van der Waals surface area contributed by atoms with E-state index in [-0.39, 0.29) is 5.56 Å². The van der Waals surface area contributed by atoms with Crippen LogP contribution in [0.2, 0.25) is 0 Å². The van der Waals surface area contributed by atoms with Gasteiger partial charge in [0.05, 0.1) is 18.4 Å². The molecule has 1 aliphatic carbocycles. The lowest BCUT2D eigenvalue weighted by Gasteiger charge is -2.22. The van der Waals surface area contributed by atoms with Crippen LogP contribution in [0.15, 0.2) is 41.0 Å². The molecule has 110 valence electrons. The molecule has 1 aromatic carbocycles. The molecule has 0 saturated heterocycles. The Hall–Kier alpha value is -2.27. The van der Waals surface area contributed by atoms with Crippen molar-refractivity contribution < 1.29 is 14.3 Å². The smallest absolute Gasteiger partial charge is 0.338 e. The molecule has 1 aliphatic rings. The van der Waals surface area contributed by atoms with E-state index in [2.05, 4.69) is 4.90 Å². The van der Waals surface area contributed by atoms with E-state index in [9.17, 15) is 9.90 Å². The fraction of sp³-hybridized carbons (Fsp3) is 0.312. The second-order valence-electron chi connectivity index (χ2n) is 5.40. The number of carbonyl (C=O) groups is 1. The molecular weight excluding hydrogens is 268 g/mol. The van der Waals surface area contributed by atoms with Crippen LogP contribution < -0.4 is 5.73 Å². The molecule has 0 aliphatic heterocycles. The van der Waals surface area contributed by atoms with Gasteiger partial charge in [-0.15, -0.1) is 0 Å². The molecule has 0 atom stereocenters. The molecule has 0 unspecified atom stereocenters. The normalized spacial score (nSPS) is 14.5. The van der Waals surface area contributed by atoms with Crippen molar-refractivity contribution in [2.24, 2.45) is 0 Å². The van der Waals surface area contributed by atoms with Gasteiger partial charge in [-0.2, -0.15) is 0 Å². The first kappa shape index (κ1) is 13.7. The minimum absolute atomic E-state index is 0.211. The van der Waals surface area contributed by atoms with Crippen LogP contribution in [0.25, 0.3) is 0 Å². The summed E-state index contributed by atoms with van der Waals surface area (Å²) >= 11 is 0. The summed E-state index contributed by atoms with van der Waals surface area (Å²) in [6, 6.07) is 9.56. The molecule has 0 bridgehead atoms. The average Bonchev–Trinajstić information content (AvgIpc) is 3.16. The quantitative estimate of drug-likeness (QED) is 0.798. The number of furan rings is 1. The van der Waals surface area contributed by atoms with E-state index < -0.39 is 5.97 Å². The standard InChI is InChI=1S/C16H18N2O3/c17-14-5-1-3-11(15(14)16(19)20)9-18(12-6-7-12)10-13-4-2-8-21-13/h1-5,8,12H,6-7,9-10,17H2,(H,19,20). The van der Waals surface area contributed by atoms with Gasteiger partial charge in [0.25, 0.3) is 0 Å². The van der Waals surface area contributed by atoms with Gasteiger partial charge in [-0.1, -0.05) is 12.1 Å². The molecule has 21 heavy (non-hydrogen) atoms. The van der Waals surface area contributed by atoms with Crippen LogP contribution in [0.1, 0.15) is 34.5 Å². The summed E-state index contributed by atoms with van der Waals surface area (Å²) in [7, 11) is 0. The van der Waals surface area contributed by atoms with Gasteiger partial charge >= 0.3 is 5.97 Å². The maximum Gasteiger partial charge on any atom is 0.338 e. The molecule has 1 heterocycles. The van der Waals surface area contributed by atoms with Crippen LogP contribution in [-0.2, 0) is 13.1 Å². The summed E-state index contributed by atoms with van der Waals surface area (Å²) in [5, 5.41) is 9.35. The fourth-order valence-corrected chi connectivity index (χ4v) is 2.59. The molecule has 5 nitrogen and oxygen atoms in total. The van der Waals surface area contributed by atoms with E-state index in [1.165, 1.54) is 0 Å². The van der Waals surface area contributed by atoms with E-state index in [4.69, 9.17) is 10.2 Å². The Bertz CT molecular complexity index is 633. The summed E-state index contributed by atoms with van der Waals surface area (Å²) in [6.45, 7) is 1.25. The Kier molecular flexibility index (Phi) is 3.66. The van der Waals surface area contributed by atoms with E-state index in [0.717, 1.165) is 24.2 Å². The fourth-order valence-electron chi connectivity index (χ4n) is 2.59. The molecule has 1 aromatic heterocycles. The van der Waals surface area contributed by atoms with E-state index in [1.807, 2.05) is 18.2 Å². The summed E-state index contributed by atoms with van der Waals surface area (Å²) in [6.07, 6.45) is 3.94. The lowest BCUT2D eigenvalue weighted by Crippen LogP contribution is -2.26. The highest BCUT2D eigenvalue weighted by molar-refractivity contribution is 5.95. The van der Waals surface area contributed by atoms with Crippen molar-refractivity contribution in [3.63, 3.8) is 0 Å². The number of hydrogen-bond donors (Lipinski definition) is 2. The molecule has 3 N–H and O–H groups in total. The van der Waals surface area contributed by atoms with Gasteiger partial charge in [0, 0.05) is 18.3 Å². The van der Waals surface area contributed by atoms with Gasteiger partial charge < -0.3 is 15.3 Å². The summed E-state index contributed by atoms with van der Waals surface area (Å²) in [5.74, 6) is -0.0838. The molecule has 0 spiro atoms. The van der Waals surface area contributed by atoms with Crippen molar-refractivity contribution >= 4 is 11.7 Å². The Labute approximate surface area is 123 Å². The summed E-state index contributed by atoms with van der Waals surface area (Å²) in [4.78, 5) is 13.7. The Balaban J connectivity index is 1.83. The van der Waals surface area contributed by atoms with Gasteiger partial charge in [0.1, 0.15) is 5.76 Å². The van der Waals surface area contributed by atoms with Gasteiger partial charge in [-0.3, -0.25) is 4.90 Å². The van der Waals surface area contributed by atoms with Crippen LogP contribution >= 0.6 is 0 Å². The summed E-state index contributed by atoms with van der Waals surface area (Å²) in [5.41, 5.74) is 7.08. The lowest BCUT2D eigenvalue weighted by molar-refractivity contribution is 0.0695. The van der Waals surface area contributed by atoms with E-state index in [0.29, 0.717) is 24.8 Å². The average molecular weight is 286 g/mol. The van der Waals surface area contributed by atoms with Crippen LogP contribution in [0.5, 0.6) is 0 Å². The minimum Gasteiger partial charge on any atom is -0.478 e. The lowest BCUT2D eigenvalue weighted by atomic mass is 10.0. The van der Waals surface area contributed by atoms with Gasteiger partial charge in [0.2, 0.25) is 0 Å². The van der Waals surface area contributed by atoms with Gasteiger partial charge in [0.15, 0.2) is 0 Å². The van der Waals surface area contributed by atoms with Gasteiger partial charge in [-0.25, -0.2) is 4.79 Å². The SMILES string of the molecule is Nc1cccc(CN(Cc2ccco2)C2CC2)c1C(=O)O. The largest absolute Gasteiger partial charge is 0.478 e. The molecule has 3 rings (SSSR count). The maximum absolute atomic E-state index is 11.4. The number of carboxylic acid groups (broad SMARTS) is 1. The topological polar surface area (TPSA) is 79.7 Å². The second kappa shape index (κ2) is 5.61. The minimum atomic E-state index is -0.975. The predicted octanol–water partition coefficient (Wildman–Crippen LogP) is 2.72. The highest BCUT2D eigenvalue weighted by atomic mass is 16.4. The van der Waals surface area contributed by atoms with Crippen LogP contribution in [-0.4, -0.2) is 22.0 Å². The molecule has 2 aromatic rings. The number of nitrogens with two attached hydrogens (primary N) is 1. The van der Waals surface area contributed by atoms with Crippen molar-refractivity contribution in [2.75, 3.05) is 5.73 Å². The van der Waals surface area contributed by atoms with Crippen molar-refractivity contribution in [3.8, 4) is 0 Å². The number of nitrogen functional groups attached to an aromatic ring is 1. The van der Waals surface area contributed by atoms with Crippen molar-refractivity contribution in [2.45, 2.75) is 32.0 Å². The number of carboxylic acids is 1. The molecule has 0 radical (unpaired) electrons. The van der Waals surface area contributed by atoms with Crippen LogP contribution in [0.4, 0.5) is 5.69 Å². The summed E-state index contributed by atoms with van der Waals surface area (Å²) < 4.78 is 5.40. The van der Waals surface area contributed by atoms with Crippen molar-refractivity contribution in [3.05, 3.63) is 53.5 Å². The van der Waals surface area contributed by atoms with Crippen molar-refractivity contribution in [1.82, 2.24) is 4.90 Å². The third-order valence-electron chi connectivity index (χ3n) is 3.77. The molecule has 1 saturated carbocycles. The first-order chi connectivity index (χ1) is 10.1. The number of rotatable bonds is 6. The number of anilines is 1. The second-order valence-corrected chi connectivity index (χ2v) is 5.40. The Morgan fingerprint density at radius 1 is 1.29 bits per heavy atom.